The van der Waals surface area contributed by atoms with E-state index in [1.807, 2.05) is 42.5 Å². The van der Waals surface area contributed by atoms with Crippen LogP contribution in [0.4, 0.5) is 0 Å². The van der Waals surface area contributed by atoms with Gasteiger partial charge in [0.15, 0.2) is 0 Å². The van der Waals surface area contributed by atoms with Crippen LogP contribution in [0.3, 0.4) is 0 Å². The quantitative estimate of drug-likeness (QED) is 0.657. The van der Waals surface area contributed by atoms with E-state index in [4.69, 9.17) is 28.2 Å². The molecule has 2 aromatic carbocycles. The number of nitrogens with one attached hydrogen (secondary N) is 1. The van der Waals surface area contributed by atoms with Gasteiger partial charge in [0.25, 0.3) is 0 Å². The lowest BCUT2D eigenvalue weighted by Crippen LogP contribution is -2.24. The van der Waals surface area contributed by atoms with Crippen LogP contribution in [-0.4, -0.2) is 22.0 Å². The predicted molar refractivity (Wildman–Crippen MR) is 102 cm³/mol. The molecule has 25 heavy (non-hydrogen) atoms. The third-order valence-electron chi connectivity index (χ3n) is 3.94. The maximum absolute atomic E-state index is 11.3. The molecule has 4 nitrogen and oxygen atoms in total. The largest absolute Gasteiger partial charge is 0.352 e. The summed E-state index contributed by atoms with van der Waals surface area (Å²) in [5.74, 6) is 0.665. The number of hydrogen-bond acceptors (Lipinski definition) is 2. The summed E-state index contributed by atoms with van der Waals surface area (Å²) in [5, 5.41) is 4.02. The van der Waals surface area contributed by atoms with Gasteiger partial charge in [0, 0.05) is 28.6 Å². The van der Waals surface area contributed by atoms with Crippen molar-refractivity contribution in [2.75, 3.05) is 6.54 Å². The zero-order chi connectivity index (χ0) is 17.8. The zero-order valence-electron chi connectivity index (χ0n) is 13.5. The summed E-state index contributed by atoms with van der Waals surface area (Å²) in [5.41, 5.74) is 2.75. The molecule has 0 aliphatic carbocycles. The fourth-order valence-corrected chi connectivity index (χ4v) is 3.22. The number of aromatic nitrogens is 2. The highest BCUT2D eigenvalue weighted by Gasteiger charge is 2.14. The lowest BCUT2D eigenvalue weighted by atomic mass is 10.2. The Morgan fingerprint density at radius 3 is 2.60 bits per heavy atom. The standard InChI is InChI=1S/C19H17Cl2N3O/c1-2-19(25)22-11-10-18-23-16-8-3-4-9-17(16)24(18)12-13-14(20)6-5-7-15(13)21/h2-9H,1,10-12H2,(H,22,25). The van der Waals surface area contributed by atoms with Crippen molar-refractivity contribution in [3.8, 4) is 0 Å². The van der Waals surface area contributed by atoms with Gasteiger partial charge in [-0.2, -0.15) is 0 Å². The Balaban J connectivity index is 1.95. The number of carbonyl (C=O) groups is 1. The summed E-state index contributed by atoms with van der Waals surface area (Å²) >= 11 is 12.7. The maximum atomic E-state index is 11.3. The highest BCUT2D eigenvalue weighted by atomic mass is 35.5. The van der Waals surface area contributed by atoms with Gasteiger partial charge in [-0.1, -0.05) is 48.0 Å². The van der Waals surface area contributed by atoms with E-state index in [1.54, 1.807) is 0 Å². The molecule has 0 spiro atoms. The van der Waals surface area contributed by atoms with Crippen LogP contribution in [0, 0.1) is 0 Å². The number of fused-ring (bicyclic) bond motifs is 1. The number of carbonyl (C=O) groups excluding carboxylic acids is 1. The Morgan fingerprint density at radius 1 is 1.16 bits per heavy atom. The molecule has 0 unspecified atom stereocenters. The minimum atomic E-state index is -0.197. The summed E-state index contributed by atoms with van der Waals surface area (Å²) < 4.78 is 2.09. The molecule has 0 bridgehead atoms. The molecule has 0 saturated heterocycles. The van der Waals surface area contributed by atoms with Gasteiger partial charge in [-0.3, -0.25) is 4.79 Å². The van der Waals surface area contributed by atoms with Crippen LogP contribution in [0.5, 0.6) is 0 Å². The monoisotopic (exact) mass is 373 g/mol. The molecule has 0 aliphatic rings. The second-order valence-corrected chi connectivity index (χ2v) is 6.36. The van der Waals surface area contributed by atoms with Crippen LogP contribution in [0.1, 0.15) is 11.4 Å². The predicted octanol–water partition coefficient (Wildman–Crippen LogP) is 4.24. The number of nitrogens with zero attached hydrogens (tertiary/aromatic N) is 2. The van der Waals surface area contributed by atoms with Crippen molar-refractivity contribution in [1.82, 2.24) is 14.9 Å². The van der Waals surface area contributed by atoms with E-state index in [-0.39, 0.29) is 5.91 Å². The van der Waals surface area contributed by atoms with E-state index < -0.39 is 0 Å². The van der Waals surface area contributed by atoms with Gasteiger partial charge in [0.05, 0.1) is 17.6 Å². The number of rotatable bonds is 6. The van der Waals surface area contributed by atoms with Crippen molar-refractivity contribution >= 4 is 40.1 Å². The Labute approximate surface area is 156 Å². The Kier molecular flexibility index (Phi) is 5.41. The molecule has 0 saturated carbocycles. The second kappa shape index (κ2) is 7.72. The number of amides is 1. The lowest BCUT2D eigenvalue weighted by Gasteiger charge is -2.12. The van der Waals surface area contributed by atoms with Gasteiger partial charge in [-0.25, -0.2) is 4.98 Å². The highest BCUT2D eigenvalue weighted by Crippen LogP contribution is 2.27. The average molecular weight is 374 g/mol. The first-order valence-electron chi connectivity index (χ1n) is 7.87. The van der Waals surface area contributed by atoms with Crippen molar-refractivity contribution < 1.29 is 4.79 Å². The van der Waals surface area contributed by atoms with Gasteiger partial charge in [0.2, 0.25) is 5.91 Å². The van der Waals surface area contributed by atoms with E-state index in [0.717, 1.165) is 22.4 Å². The number of para-hydroxylation sites is 2. The Bertz CT molecular complexity index is 913. The van der Waals surface area contributed by atoms with Crippen LogP contribution in [0.25, 0.3) is 11.0 Å². The first-order chi connectivity index (χ1) is 12.1. The molecule has 1 aromatic heterocycles. The van der Waals surface area contributed by atoms with E-state index in [2.05, 4.69) is 16.5 Å². The van der Waals surface area contributed by atoms with Crippen LogP contribution < -0.4 is 5.32 Å². The first-order valence-corrected chi connectivity index (χ1v) is 8.63. The Morgan fingerprint density at radius 2 is 1.88 bits per heavy atom. The van der Waals surface area contributed by atoms with Gasteiger partial charge >= 0.3 is 0 Å². The van der Waals surface area contributed by atoms with Crippen molar-refractivity contribution in [2.45, 2.75) is 13.0 Å². The van der Waals surface area contributed by atoms with E-state index in [9.17, 15) is 4.79 Å². The summed E-state index contributed by atoms with van der Waals surface area (Å²) in [6.45, 7) is 4.45. The molecular weight excluding hydrogens is 357 g/mol. The average Bonchev–Trinajstić information content (AvgIpc) is 2.95. The van der Waals surface area contributed by atoms with Crippen molar-refractivity contribution in [3.63, 3.8) is 0 Å². The smallest absolute Gasteiger partial charge is 0.243 e. The van der Waals surface area contributed by atoms with Crippen molar-refractivity contribution in [3.05, 3.63) is 76.6 Å². The minimum Gasteiger partial charge on any atom is -0.352 e. The Hall–Kier alpha value is -2.30. The fourth-order valence-electron chi connectivity index (χ4n) is 2.70. The maximum Gasteiger partial charge on any atom is 0.243 e. The fraction of sp³-hybridized carbons (Fsp3) is 0.158. The third-order valence-corrected chi connectivity index (χ3v) is 4.65. The SMILES string of the molecule is C=CC(=O)NCCc1nc2ccccc2n1Cc1c(Cl)cccc1Cl. The van der Waals surface area contributed by atoms with Crippen molar-refractivity contribution in [2.24, 2.45) is 0 Å². The summed E-state index contributed by atoms with van der Waals surface area (Å²) in [7, 11) is 0. The molecule has 128 valence electrons. The third kappa shape index (κ3) is 3.86. The molecule has 3 aromatic rings. The normalized spacial score (nSPS) is 10.8. The second-order valence-electron chi connectivity index (χ2n) is 5.55. The minimum absolute atomic E-state index is 0.197. The number of imidazole rings is 1. The molecule has 1 amide bonds. The van der Waals surface area contributed by atoms with E-state index >= 15 is 0 Å². The topological polar surface area (TPSA) is 46.9 Å². The van der Waals surface area contributed by atoms with Gasteiger partial charge in [0.1, 0.15) is 5.82 Å². The van der Waals surface area contributed by atoms with Crippen LogP contribution in [-0.2, 0) is 17.8 Å². The van der Waals surface area contributed by atoms with Gasteiger partial charge in [-0.05, 0) is 30.3 Å². The number of hydrogen-bond donors (Lipinski definition) is 1. The summed E-state index contributed by atoms with van der Waals surface area (Å²) in [6, 6.07) is 13.4. The van der Waals surface area contributed by atoms with E-state index in [0.29, 0.717) is 29.6 Å². The number of halogens is 2. The highest BCUT2D eigenvalue weighted by molar-refractivity contribution is 6.36. The van der Waals surface area contributed by atoms with Crippen molar-refractivity contribution in [1.29, 1.82) is 0 Å². The molecule has 0 fully saturated rings. The molecule has 1 heterocycles. The van der Waals surface area contributed by atoms with Crippen LogP contribution in [0.2, 0.25) is 10.0 Å². The molecule has 0 radical (unpaired) electrons. The lowest BCUT2D eigenvalue weighted by molar-refractivity contribution is -0.116. The first kappa shape index (κ1) is 17.5. The molecule has 0 atom stereocenters. The molecule has 6 heteroatoms. The number of benzene rings is 2. The molecular formula is C19H17Cl2N3O. The molecule has 0 aliphatic heterocycles. The van der Waals surface area contributed by atoms with E-state index in [1.165, 1.54) is 6.08 Å². The molecule has 3 rings (SSSR count). The van der Waals surface area contributed by atoms with Crippen LogP contribution in [0.15, 0.2) is 55.1 Å². The van der Waals surface area contributed by atoms with Gasteiger partial charge in [-0.15, -0.1) is 0 Å². The van der Waals surface area contributed by atoms with Gasteiger partial charge < -0.3 is 9.88 Å². The summed E-state index contributed by atoms with van der Waals surface area (Å²) in [6.07, 6.45) is 1.85. The molecule has 1 N–H and O–H groups in total. The zero-order valence-corrected chi connectivity index (χ0v) is 15.0. The summed E-state index contributed by atoms with van der Waals surface area (Å²) in [4.78, 5) is 16.0. The van der Waals surface area contributed by atoms with Crippen LogP contribution >= 0.6 is 23.2 Å².